The molecule has 0 saturated heterocycles. The van der Waals surface area contributed by atoms with E-state index in [4.69, 9.17) is 18.5 Å². The van der Waals surface area contributed by atoms with Crippen LogP contribution < -0.4 is 0 Å². The number of carbonyl (C=O) groups is 3. The first kappa shape index (κ1) is 59.5. The molecule has 6 N–H and O–H groups in total. The van der Waals surface area contributed by atoms with E-state index in [9.17, 15) is 49.4 Å². The number of allylic oxidation sites excluding steroid dienone is 8. The molecule has 1 saturated carbocycles. The fourth-order valence-electron chi connectivity index (χ4n) is 7.12. The Bertz CT molecular complexity index is 1370. The summed E-state index contributed by atoms with van der Waals surface area (Å²) < 4.78 is 33.5. The van der Waals surface area contributed by atoms with Gasteiger partial charge >= 0.3 is 19.8 Å². The van der Waals surface area contributed by atoms with Gasteiger partial charge in [0.25, 0.3) is 0 Å². The van der Waals surface area contributed by atoms with Crippen molar-refractivity contribution >= 4 is 25.5 Å². The van der Waals surface area contributed by atoms with Crippen LogP contribution in [-0.4, -0.2) is 104 Å². The highest BCUT2D eigenvalue weighted by atomic mass is 31.2. The van der Waals surface area contributed by atoms with Crippen LogP contribution in [0.2, 0.25) is 0 Å². The number of phosphoric ester groups is 1. The molecule has 0 amide bonds. The zero-order chi connectivity index (χ0) is 47.3. The minimum atomic E-state index is -5.14. The number of hydrogen-bond donors (Lipinski definition) is 6. The molecule has 64 heavy (non-hydrogen) atoms. The molecular weight excluding hydrogens is 843 g/mol. The predicted octanol–water partition coefficient (Wildman–Crippen LogP) is 9.13. The molecule has 370 valence electrons. The van der Waals surface area contributed by atoms with Crippen molar-refractivity contribution in [3.05, 3.63) is 48.6 Å². The van der Waals surface area contributed by atoms with Crippen LogP contribution in [0.4, 0.5) is 0 Å². The Labute approximate surface area is 384 Å². The van der Waals surface area contributed by atoms with E-state index >= 15 is 0 Å². The third kappa shape index (κ3) is 30.6. The van der Waals surface area contributed by atoms with Crippen molar-refractivity contribution in [1.29, 1.82) is 0 Å². The fourth-order valence-corrected chi connectivity index (χ4v) is 8.09. The number of phosphoric acid groups is 1. The molecule has 8 atom stereocenters. The van der Waals surface area contributed by atoms with Crippen molar-refractivity contribution in [3.8, 4) is 0 Å². The SMILES string of the molecule is CCCCC/C=C\C/C=C\CCCCCCCCCCCC(=O)OC[C@H](COP(=O)(O)OC1[C@H](O)[C@H](O)C(O)[C@H](O)[C@H]1O)OC(=O)CCCCCCC/C=C\C=C\C(=O)CCCCC. The third-order valence-electron chi connectivity index (χ3n) is 11.1. The molecule has 1 rings (SSSR count). The Balaban J connectivity index is 2.45. The molecule has 0 aliphatic heterocycles. The first-order chi connectivity index (χ1) is 30.8. The summed E-state index contributed by atoms with van der Waals surface area (Å²) in [7, 11) is -5.14. The molecule has 1 aliphatic carbocycles. The number of unbranched alkanes of at least 4 members (excludes halogenated alkanes) is 19. The van der Waals surface area contributed by atoms with Crippen LogP contribution in [0.1, 0.15) is 187 Å². The van der Waals surface area contributed by atoms with Crippen LogP contribution in [0, 0.1) is 0 Å². The Morgan fingerprint density at radius 2 is 0.984 bits per heavy atom. The van der Waals surface area contributed by atoms with Crippen molar-refractivity contribution in [2.75, 3.05) is 13.2 Å². The molecule has 0 aromatic rings. The van der Waals surface area contributed by atoms with Crippen molar-refractivity contribution in [2.45, 2.75) is 230 Å². The van der Waals surface area contributed by atoms with Crippen molar-refractivity contribution < 1.29 is 67.9 Å². The number of aliphatic hydroxyl groups is 5. The van der Waals surface area contributed by atoms with E-state index in [2.05, 4.69) is 38.2 Å². The summed E-state index contributed by atoms with van der Waals surface area (Å²) in [5, 5.41) is 50.2. The van der Waals surface area contributed by atoms with Gasteiger partial charge in [-0.3, -0.25) is 23.4 Å². The van der Waals surface area contributed by atoms with Crippen molar-refractivity contribution in [3.63, 3.8) is 0 Å². The zero-order valence-electron chi connectivity index (χ0n) is 39.1. The lowest BCUT2D eigenvalue weighted by Crippen LogP contribution is -2.64. The van der Waals surface area contributed by atoms with Crippen molar-refractivity contribution in [1.82, 2.24) is 0 Å². The van der Waals surface area contributed by atoms with Crippen LogP contribution in [0.15, 0.2) is 48.6 Å². The molecule has 1 aliphatic rings. The van der Waals surface area contributed by atoms with Gasteiger partial charge in [-0.1, -0.05) is 146 Å². The molecule has 1 fully saturated rings. The lowest BCUT2D eigenvalue weighted by atomic mass is 9.85. The fraction of sp³-hybridized carbons (Fsp3) is 0.776. The summed E-state index contributed by atoms with van der Waals surface area (Å²) in [6.45, 7) is 3.10. The highest BCUT2D eigenvalue weighted by molar-refractivity contribution is 7.47. The van der Waals surface area contributed by atoms with Crippen molar-refractivity contribution in [2.24, 2.45) is 0 Å². The van der Waals surface area contributed by atoms with Gasteiger partial charge in [0, 0.05) is 19.3 Å². The van der Waals surface area contributed by atoms with Gasteiger partial charge in [0.2, 0.25) is 0 Å². The standard InChI is InChI=1S/C49H85O14P/c1-3-5-7-8-9-10-11-12-13-14-15-16-17-18-19-22-25-28-32-36-42(51)60-38-41(39-61-64(58,59)63-49-47(56)45(54)44(53)46(55)48(49)57)62-43(52)37-33-29-26-23-20-21-24-27-31-35-40(50)34-30-6-4-2/h9-10,12-13,24,27,31,35,41,44-49,53-57H,3-8,11,14-23,25-26,28-30,32-34,36-39H2,1-2H3,(H,58,59)/b10-9-,13-12-,27-24-,35-31+/t41-,44?,45-,46+,47-,48-,49?/m1/s1. The van der Waals surface area contributed by atoms with Gasteiger partial charge in [-0.15, -0.1) is 0 Å². The summed E-state index contributed by atoms with van der Waals surface area (Å²) in [4.78, 5) is 47.5. The maximum atomic E-state index is 12.8. The van der Waals surface area contributed by atoms with E-state index in [1.807, 2.05) is 12.2 Å². The molecule has 3 unspecified atom stereocenters. The number of esters is 2. The molecule has 15 heteroatoms. The number of carbonyl (C=O) groups excluding carboxylic acids is 3. The van der Waals surface area contributed by atoms with Gasteiger partial charge in [-0.05, 0) is 70.3 Å². The maximum absolute atomic E-state index is 12.8. The molecule has 14 nitrogen and oxygen atoms in total. The van der Waals surface area contributed by atoms with E-state index < -0.39 is 75.7 Å². The quantitative estimate of drug-likeness (QED) is 0.00842. The maximum Gasteiger partial charge on any atom is 0.472 e. The minimum Gasteiger partial charge on any atom is -0.462 e. The number of ether oxygens (including phenoxy) is 2. The van der Waals surface area contributed by atoms with Crippen LogP contribution in [0.5, 0.6) is 0 Å². The Kier molecular flexibility index (Phi) is 35.9. The van der Waals surface area contributed by atoms with E-state index in [1.54, 1.807) is 12.2 Å². The van der Waals surface area contributed by atoms with Gasteiger partial charge in [0.05, 0.1) is 6.61 Å². The Morgan fingerprint density at radius 3 is 1.55 bits per heavy atom. The average molecular weight is 929 g/mol. The van der Waals surface area contributed by atoms with Crippen LogP contribution in [0.3, 0.4) is 0 Å². The smallest absolute Gasteiger partial charge is 0.462 e. The van der Waals surface area contributed by atoms with Gasteiger partial charge < -0.3 is 39.9 Å². The lowest BCUT2D eigenvalue weighted by Gasteiger charge is -2.41. The monoisotopic (exact) mass is 929 g/mol. The number of hydrogen-bond acceptors (Lipinski definition) is 13. The molecule has 0 radical (unpaired) electrons. The van der Waals surface area contributed by atoms with Crippen LogP contribution in [0.25, 0.3) is 0 Å². The number of ketones is 1. The molecule has 0 aromatic carbocycles. The molecule has 0 heterocycles. The highest BCUT2D eigenvalue weighted by Gasteiger charge is 2.51. The van der Waals surface area contributed by atoms with Crippen LogP contribution >= 0.6 is 7.82 Å². The third-order valence-corrected chi connectivity index (χ3v) is 12.1. The molecule has 0 spiro atoms. The summed E-state index contributed by atoms with van der Waals surface area (Å²) in [6, 6.07) is 0. The summed E-state index contributed by atoms with van der Waals surface area (Å²) in [6.07, 6.45) is 28.5. The van der Waals surface area contributed by atoms with Gasteiger partial charge in [0.15, 0.2) is 11.9 Å². The normalized spacial score (nSPS) is 21.9. The predicted molar refractivity (Wildman–Crippen MR) is 249 cm³/mol. The number of aliphatic hydroxyl groups excluding tert-OH is 5. The van der Waals surface area contributed by atoms with E-state index in [-0.39, 0.29) is 18.6 Å². The lowest BCUT2D eigenvalue weighted by molar-refractivity contribution is -0.220. The van der Waals surface area contributed by atoms with Crippen LogP contribution in [-0.2, 0) is 37.5 Å². The summed E-state index contributed by atoms with van der Waals surface area (Å²) in [5.74, 6) is -1.03. The van der Waals surface area contributed by atoms with E-state index in [0.717, 1.165) is 89.9 Å². The molecule has 0 bridgehead atoms. The second kappa shape index (κ2) is 38.6. The van der Waals surface area contributed by atoms with E-state index in [0.29, 0.717) is 19.3 Å². The average Bonchev–Trinajstić information content (AvgIpc) is 3.27. The Hall–Kier alpha value is -2.52. The summed E-state index contributed by atoms with van der Waals surface area (Å²) in [5.41, 5.74) is 0. The number of rotatable bonds is 40. The molecular formula is C49H85O14P. The highest BCUT2D eigenvalue weighted by Crippen LogP contribution is 2.47. The molecule has 0 aromatic heterocycles. The van der Waals surface area contributed by atoms with E-state index in [1.165, 1.54) is 51.4 Å². The van der Waals surface area contributed by atoms with Gasteiger partial charge in [-0.25, -0.2) is 4.57 Å². The largest absolute Gasteiger partial charge is 0.472 e. The zero-order valence-corrected chi connectivity index (χ0v) is 40.0. The topological polar surface area (TPSA) is 227 Å². The first-order valence-electron chi connectivity index (χ1n) is 24.4. The minimum absolute atomic E-state index is 0.0436. The second-order valence-corrected chi connectivity index (χ2v) is 18.4. The summed E-state index contributed by atoms with van der Waals surface area (Å²) >= 11 is 0. The van der Waals surface area contributed by atoms with Gasteiger partial charge in [0.1, 0.15) is 43.2 Å². The second-order valence-electron chi connectivity index (χ2n) is 17.0. The van der Waals surface area contributed by atoms with Gasteiger partial charge in [-0.2, -0.15) is 0 Å². The first-order valence-corrected chi connectivity index (χ1v) is 25.9. The Morgan fingerprint density at radius 1 is 0.531 bits per heavy atom.